The van der Waals surface area contributed by atoms with Crippen LogP contribution in [0.1, 0.15) is 18.5 Å². The molecule has 4 nitrogen and oxygen atoms in total. The fourth-order valence-electron chi connectivity index (χ4n) is 1.36. The highest BCUT2D eigenvalue weighted by molar-refractivity contribution is 5.42. The van der Waals surface area contributed by atoms with Gasteiger partial charge in [-0.2, -0.15) is 0 Å². The van der Waals surface area contributed by atoms with Crippen molar-refractivity contribution in [2.45, 2.75) is 19.1 Å². The van der Waals surface area contributed by atoms with E-state index in [1.54, 1.807) is 39.3 Å². The summed E-state index contributed by atoms with van der Waals surface area (Å²) >= 11 is 0. The number of nitrogens with two attached hydrogens (primary N) is 1. The zero-order chi connectivity index (χ0) is 11.4. The zero-order valence-electron chi connectivity index (χ0n) is 9.23. The molecule has 0 aliphatic rings. The van der Waals surface area contributed by atoms with E-state index in [-0.39, 0.29) is 0 Å². The third-order valence-corrected chi connectivity index (χ3v) is 2.32. The first-order chi connectivity index (χ1) is 7.10. The Balaban J connectivity index is 3.11. The molecular formula is C11H17NO3. The smallest absolute Gasteiger partial charge is 0.123 e. The maximum absolute atomic E-state index is 9.44. The Morgan fingerprint density at radius 3 is 2.40 bits per heavy atom. The Labute approximate surface area is 89.6 Å². The van der Waals surface area contributed by atoms with Gasteiger partial charge in [-0.15, -0.1) is 0 Å². The summed E-state index contributed by atoms with van der Waals surface area (Å²) in [5.41, 5.74) is 6.59. The van der Waals surface area contributed by atoms with Gasteiger partial charge in [0.25, 0.3) is 0 Å². The van der Waals surface area contributed by atoms with Crippen LogP contribution in [0.15, 0.2) is 18.2 Å². The van der Waals surface area contributed by atoms with Gasteiger partial charge in [0.2, 0.25) is 0 Å². The monoisotopic (exact) mass is 211 g/mol. The molecule has 0 aromatic heterocycles. The van der Waals surface area contributed by atoms with Gasteiger partial charge in [0.05, 0.1) is 26.4 Å². The van der Waals surface area contributed by atoms with E-state index in [4.69, 9.17) is 15.2 Å². The largest absolute Gasteiger partial charge is 0.497 e. The van der Waals surface area contributed by atoms with Gasteiger partial charge in [0.15, 0.2) is 0 Å². The second-order valence-electron chi connectivity index (χ2n) is 3.37. The Bertz CT molecular complexity index is 326. The molecule has 1 aromatic carbocycles. The van der Waals surface area contributed by atoms with Gasteiger partial charge in [0.1, 0.15) is 11.5 Å². The van der Waals surface area contributed by atoms with Gasteiger partial charge in [-0.25, -0.2) is 0 Å². The van der Waals surface area contributed by atoms with Crippen LogP contribution in [0.2, 0.25) is 0 Å². The topological polar surface area (TPSA) is 64.7 Å². The number of hydrogen-bond donors (Lipinski definition) is 2. The van der Waals surface area contributed by atoms with E-state index in [0.29, 0.717) is 11.5 Å². The van der Waals surface area contributed by atoms with Crippen LogP contribution in [-0.2, 0) is 0 Å². The minimum absolute atomic E-state index is 0.477. The molecule has 0 saturated heterocycles. The summed E-state index contributed by atoms with van der Waals surface area (Å²) in [6.07, 6.45) is -0.633. The fraction of sp³-hybridized carbons (Fsp3) is 0.455. The van der Waals surface area contributed by atoms with Gasteiger partial charge in [-0.05, 0) is 25.1 Å². The van der Waals surface area contributed by atoms with Crippen molar-refractivity contribution in [1.29, 1.82) is 0 Å². The van der Waals surface area contributed by atoms with Crippen LogP contribution in [0.5, 0.6) is 11.5 Å². The highest BCUT2D eigenvalue weighted by Crippen LogP contribution is 2.29. The zero-order valence-corrected chi connectivity index (χ0v) is 9.23. The molecular weight excluding hydrogens is 194 g/mol. The summed E-state index contributed by atoms with van der Waals surface area (Å²) in [6.45, 7) is 1.64. The second-order valence-corrected chi connectivity index (χ2v) is 3.37. The molecule has 0 aliphatic heterocycles. The molecule has 0 heterocycles. The number of benzene rings is 1. The van der Waals surface area contributed by atoms with Crippen molar-refractivity contribution in [3.8, 4) is 11.5 Å². The number of methoxy groups -OCH3 is 2. The van der Waals surface area contributed by atoms with Crippen LogP contribution in [0, 0.1) is 0 Å². The molecule has 84 valence electrons. The molecule has 1 aromatic rings. The van der Waals surface area contributed by atoms with Gasteiger partial charge < -0.3 is 20.3 Å². The summed E-state index contributed by atoms with van der Waals surface area (Å²) in [4.78, 5) is 0. The lowest BCUT2D eigenvalue weighted by Gasteiger charge is -2.18. The lowest BCUT2D eigenvalue weighted by atomic mass is 10.0. The molecule has 0 saturated carbocycles. The lowest BCUT2D eigenvalue weighted by Crippen LogP contribution is -2.23. The first-order valence-corrected chi connectivity index (χ1v) is 4.75. The van der Waals surface area contributed by atoms with Crippen LogP contribution in [0.25, 0.3) is 0 Å². The quantitative estimate of drug-likeness (QED) is 0.782. The van der Waals surface area contributed by atoms with Crippen LogP contribution in [0.4, 0.5) is 0 Å². The molecule has 3 N–H and O–H groups in total. The van der Waals surface area contributed by atoms with Crippen molar-refractivity contribution >= 4 is 0 Å². The standard InChI is InChI=1S/C11H17NO3/c1-7(13)11(12)9-6-8(14-2)4-5-10(9)15-3/h4-7,11,13H,12H2,1-3H3/t7-,11-/m0/s1. The first kappa shape index (κ1) is 11.8. The molecule has 0 spiro atoms. The summed E-state index contributed by atoms with van der Waals surface area (Å²) < 4.78 is 10.3. The van der Waals surface area contributed by atoms with E-state index in [2.05, 4.69) is 0 Å². The molecule has 0 unspecified atom stereocenters. The van der Waals surface area contributed by atoms with E-state index < -0.39 is 12.1 Å². The molecule has 0 aliphatic carbocycles. The number of rotatable bonds is 4. The predicted molar refractivity (Wildman–Crippen MR) is 58.2 cm³/mol. The average molecular weight is 211 g/mol. The molecule has 0 bridgehead atoms. The minimum Gasteiger partial charge on any atom is -0.497 e. The van der Waals surface area contributed by atoms with E-state index in [1.165, 1.54) is 0 Å². The van der Waals surface area contributed by atoms with Gasteiger partial charge >= 0.3 is 0 Å². The van der Waals surface area contributed by atoms with E-state index in [0.717, 1.165) is 5.56 Å². The minimum atomic E-state index is -0.633. The normalized spacial score (nSPS) is 14.5. The Morgan fingerprint density at radius 2 is 1.93 bits per heavy atom. The van der Waals surface area contributed by atoms with Gasteiger partial charge in [0, 0.05) is 5.56 Å². The van der Waals surface area contributed by atoms with Gasteiger partial charge in [-0.3, -0.25) is 0 Å². The second kappa shape index (κ2) is 5.00. The first-order valence-electron chi connectivity index (χ1n) is 4.75. The molecule has 2 atom stereocenters. The van der Waals surface area contributed by atoms with Crippen molar-refractivity contribution in [3.05, 3.63) is 23.8 Å². The van der Waals surface area contributed by atoms with Crippen LogP contribution >= 0.6 is 0 Å². The van der Waals surface area contributed by atoms with E-state index in [1.807, 2.05) is 0 Å². The van der Waals surface area contributed by atoms with Crippen LogP contribution in [-0.4, -0.2) is 25.4 Å². The van der Waals surface area contributed by atoms with E-state index in [9.17, 15) is 5.11 Å². The van der Waals surface area contributed by atoms with Crippen molar-refractivity contribution in [2.75, 3.05) is 14.2 Å². The number of hydrogen-bond acceptors (Lipinski definition) is 4. The SMILES string of the molecule is COc1ccc(OC)c([C@@H](N)[C@H](C)O)c1. The molecule has 15 heavy (non-hydrogen) atoms. The highest BCUT2D eigenvalue weighted by Gasteiger charge is 2.17. The Morgan fingerprint density at radius 1 is 1.27 bits per heavy atom. The Kier molecular flexibility index (Phi) is 3.94. The number of aliphatic hydroxyl groups is 1. The molecule has 0 radical (unpaired) electrons. The maximum atomic E-state index is 9.44. The van der Waals surface area contributed by atoms with E-state index >= 15 is 0 Å². The molecule has 0 amide bonds. The van der Waals surface area contributed by atoms with Crippen LogP contribution < -0.4 is 15.2 Å². The van der Waals surface area contributed by atoms with Crippen molar-refractivity contribution in [3.63, 3.8) is 0 Å². The molecule has 1 rings (SSSR count). The predicted octanol–water partition coefficient (Wildman–Crippen LogP) is 1.08. The summed E-state index contributed by atoms with van der Waals surface area (Å²) in [5.74, 6) is 1.35. The fourth-order valence-corrected chi connectivity index (χ4v) is 1.36. The third kappa shape index (κ3) is 2.61. The molecule has 0 fully saturated rings. The van der Waals surface area contributed by atoms with Crippen LogP contribution in [0.3, 0.4) is 0 Å². The third-order valence-electron chi connectivity index (χ3n) is 2.32. The average Bonchev–Trinajstić information content (AvgIpc) is 2.27. The lowest BCUT2D eigenvalue weighted by molar-refractivity contribution is 0.162. The van der Waals surface area contributed by atoms with Crippen molar-refractivity contribution in [1.82, 2.24) is 0 Å². The van der Waals surface area contributed by atoms with Gasteiger partial charge in [-0.1, -0.05) is 0 Å². The van der Waals surface area contributed by atoms with Crippen molar-refractivity contribution in [2.24, 2.45) is 5.73 Å². The van der Waals surface area contributed by atoms with Crippen molar-refractivity contribution < 1.29 is 14.6 Å². The number of ether oxygens (including phenoxy) is 2. The summed E-state index contributed by atoms with van der Waals surface area (Å²) in [5, 5.41) is 9.44. The summed E-state index contributed by atoms with van der Waals surface area (Å²) in [6, 6.07) is 4.86. The summed E-state index contributed by atoms with van der Waals surface area (Å²) in [7, 11) is 3.15. The Hall–Kier alpha value is -1.26. The number of aliphatic hydroxyl groups excluding tert-OH is 1. The maximum Gasteiger partial charge on any atom is 0.123 e. The molecule has 4 heteroatoms. The highest BCUT2D eigenvalue weighted by atomic mass is 16.5.